The summed E-state index contributed by atoms with van der Waals surface area (Å²) in [5.74, 6) is -0.272. The van der Waals surface area contributed by atoms with E-state index in [1.54, 1.807) is 6.07 Å². The number of carbonyl (C=O) groups is 1. The van der Waals surface area contributed by atoms with Crippen LogP contribution < -0.4 is 5.32 Å². The second-order valence-electron chi connectivity index (χ2n) is 6.70. The summed E-state index contributed by atoms with van der Waals surface area (Å²) in [6.45, 7) is 6.06. The zero-order valence-corrected chi connectivity index (χ0v) is 14.3. The highest BCUT2D eigenvalue weighted by molar-refractivity contribution is 5.90. The highest BCUT2D eigenvalue weighted by atomic mass is 19.1. The fourth-order valence-corrected chi connectivity index (χ4v) is 3.52. The fourth-order valence-electron chi connectivity index (χ4n) is 3.52. The Hall–Kier alpha value is -1.88. The van der Waals surface area contributed by atoms with Gasteiger partial charge in [0, 0.05) is 23.1 Å². The largest absolute Gasteiger partial charge is 0.358 e. The number of nitrogens with one attached hydrogen (secondary N) is 2. The molecule has 0 unspecified atom stereocenters. The molecule has 2 N–H and O–H groups in total. The van der Waals surface area contributed by atoms with Crippen LogP contribution in [0.25, 0.3) is 10.9 Å². The van der Waals surface area contributed by atoms with Gasteiger partial charge >= 0.3 is 0 Å². The molecular weight excluding hydrogens is 305 g/mol. The highest BCUT2D eigenvalue weighted by Gasteiger charge is 2.13. The lowest BCUT2D eigenvalue weighted by molar-refractivity contribution is -0.120. The Kier molecular flexibility index (Phi) is 5.51. The van der Waals surface area contributed by atoms with Crippen LogP contribution in [0.2, 0.25) is 0 Å². The van der Waals surface area contributed by atoms with E-state index < -0.39 is 0 Å². The summed E-state index contributed by atoms with van der Waals surface area (Å²) in [5.41, 5.74) is 2.69. The molecule has 0 atom stereocenters. The maximum absolute atomic E-state index is 13.5. The molecule has 0 spiro atoms. The van der Waals surface area contributed by atoms with Gasteiger partial charge in [0.2, 0.25) is 5.91 Å². The van der Waals surface area contributed by atoms with Gasteiger partial charge in [-0.3, -0.25) is 4.79 Å². The molecular formula is C19H26FN3O. The number of H-pyrrole nitrogens is 1. The molecule has 3 rings (SSSR count). The van der Waals surface area contributed by atoms with Crippen LogP contribution in [0, 0.1) is 12.7 Å². The van der Waals surface area contributed by atoms with Gasteiger partial charge < -0.3 is 15.2 Å². The Morgan fingerprint density at radius 1 is 1.29 bits per heavy atom. The number of aryl methyl sites for hydroxylation is 1. The number of halogens is 1. The van der Waals surface area contributed by atoms with Gasteiger partial charge in [0.1, 0.15) is 5.82 Å². The maximum Gasteiger partial charge on any atom is 0.224 e. The van der Waals surface area contributed by atoms with Crippen LogP contribution in [-0.4, -0.2) is 42.0 Å². The molecule has 0 radical (unpaired) electrons. The summed E-state index contributed by atoms with van der Waals surface area (Å²) in [6.07, 6.45) is 5.20. The number of hydrogen-bond acceptors (Lipinski definition) is 2. The third-order valence-corrected chi connectivity index (χ3v) is 4.84. The van der Waals surface area contributed by atoms with Crippen molar-refractivity contribution in [1.29, 1.82) is 0 Å². The van der Waals surface area contributed by atoms with E-state index in [9.17, 15) is 9.18 Å². The number of amides is 1. The topological polar surface area (TPSA) is 48.1 Å². The Bertz CT molecular complexity index is 704. The number of nitrogens with zero attached hydrogens (tertiary/aromatic N) is 1. The normalized spacial score (nSPS) is 15.8. The molecule has 1 aliphatic heterocycles. The Morgan fingerprint density at radius 3 is 2.88 bits per heavy atom. The van der Waals surface area contributed by atoms with E-state index in [2.05, 4.69) is 15.2 Å². The van der Waals surface area contributed by atoms with Crippen molar-refractivity contribution in [3.63, 3.8) is 0 Å². The van der Waals surface area contributed by atoms with Gasteiger partial charge in [0.05, 0.1) is 6.42 Å². The number of fused-ring (bicyclic) bond motifs is 1. The number of rotatable bonds is 6. The van der Waals surface area contributed by atoms with E-state index in [-0.39, 0.29) is 11.7 Å². The molecule has 24 heavy (non-hydrogen) atoms. The molecule has 0 aliphatic carbocycles. The molecule has 0 bridgehead atoms. The van der Waals surface area contributed by atoms with Crippen LogP contribution in [0.15, 0.2) is 18.2 Å². The minimum absolute atomic E-state index is 0.00176. The molecule has 130 valence electrons. The van der Waals surface area contributed by atoms with Crippen molar-refractivity contribution in [2.45, 2.75) is 39.0 Å². The lowest BCUT2D eigenvalue weighted by Crippen LogP contribution is -2.33. The van der Waals surface area contributed by atoms with Gasteiger partial charge in [0.25, 0.3) is 0 Å². The number of hydrogen-bond donors (Lipinski definition) is 2. The second kappa shape index (κ2) is 7.79. The van der Waals surface area contributed by atoms with Gasteiger partial charge in [0.15, 0.2) is 0 Å². The first-order valence-corrected chi connectivity index (χ1v) is 8.89. The average molecular weight is 331 g/mol. The SMILES string of the molecule is Cc1[nH]c2ccc(F)cc2c1CC(=O)NCCCN1CCCCC1. The van der Waals surface area contributed by atoms with Crippen LogP contribution in [0.3, 0.4) is 0 Å². The minimum Gasteiger partial charge on any atom is -0.358 e. The lowest BCUT2D eigenvalue weighted by atomic mass is 10.1. The third kappa shape index (κ3) is 4.15. The number of piperidine rings is 1. The predicted molar refractivity (Wildman–Crippen MR) is 94.6 cm³/mol. The van der Waals surface area contributed by atoms with E-state index >= 15 is 0 Å². The van der Waals surface area contributed by atoms with Gasteiger partial charge in [-0.05, 0) is 69.6 Å². The molecule has 1 aromatic heterocycles. The van der Waals surface area contributed by atoms with Crippen molar-refractivity contribution in [3.05, 3.63) is 35.3 Å². The molecule has 4 nitrogen and oxygen atoms in total. The van der Waals surface area contributed by atoms with Gasteiger partial charge in [-0.25, -0.2) is 4.39 Å². The molecule has 1 aromatic carbocycles. The number of likely N-dealkylation sites (tertiary alicyclic amines) is 1. The highest BCUT2D eigenvalue weighted by Crippen LogP contribution is 2.23. The number of carbonyl (C=O) groups excluding carboxylic acids is 1. The van der Waals surface area contributed by atoms with Crippen LogP contribution in [0.1, 0.15) is 36.9 Å². The van der Waals surface area contributed by atoms with E-state index in [1.165, 1.54) is 44.5 Å². The van der Waals surface area contributed by atoms with Crippen LogP contribution >= 0.6 is 0 Å². The van der Waals surface area contributed by atoms with Crippen molar-refractivity contribution >= 4 is 16.8 Å². The molecule has 1 aliphatic rings. The summed E-state index contributed by atoms with van der Waals surface area (Å²) in [4.78, 5) is 17.9. The van der Waals surface area contributed by atoms with Crippen molar-refractivity contribution in [1.82, 2.24) is 15.2 Å². The Morgan fingerprint density at radius 2 is 2.08 bits per heavy atom. The van der Waals surface area contributed by atoms with Crippen molar-refractivity contribution < 1.29 is 9.18 Å². The van der Waals surface area contributed by atoms with Crippen LogP contribution in [0.4, 0.5) is 4.39 Å². The van der Waals surface area contributed by atoms with Crippen LogP contribution in [-0.2, 0) is 11.2 Å². The third-order valence-electron chi connectivity index (χ3n) is 4.84. The van der Waals surface area contributed by atoms with Crippen molar-refractivity contribution in [2.24, 2.45) is 0 Å². The molecule has 5 heteroatoms. The number of aromatic nitrogens is 1. The molecule has 0 saturated carbocycles. The van der Waals surface area contributed by atoms with Crippen LogP contribution in [0.5, 0.6) is 0 Å². The standard InChI is InChI=1S/C19H26FN3O/c1-14-16(17-12-15(20)6-7-18(17)22-14)13-19(24)21-8-5-11-23-9-3-2-4-10-23/h6-7,12,22H,2-5,8-11,13H2,1H3,(H,21,24). The van der Waals surface area contributed by atoms with E-state index in [4.69, 9.17) is 0 Å². The summed E-state index contributed by atoms with van der Waals surface area (Å²) >= 11 is 0. The number of aromatic amines is 1. The zero-order chi connectivity index (χ0) is 16.9. The van der Waals surface area contributed by atoms with Crippen molar-refractivity contribution in [3.8, 4) is 0 Å². The first-order chi connectivity index (χ1) is 11.6. The summed E-state index contributed by atoms with van der Waals surface area (Å²) in [7, 11) is 0. The fraction of sp³-hybridized carbons (Fsp3) is 0.526. The van der Waals surface area contributed by atoms with Gasteiger partial charge in [-0.1, -0.05) is 6.42 Å². The molecule has 1 saturated heterocycles. The first kappa shape index (κ1) is 17.0. The number of benzene rings is 1. The molecule has 1 amide bonds. The summed E-state index contributed by atoms with van der Waals surface area (Å²) < 4.78 is 13.5. The molecule has 1 fully saturated rings. The summed E-state index contributed by atoms with van der Waals surface area (Å²) in [6, 6.07) is 4.65. The Balaban J connectivity index is 1.50. The first-order valence-electron chi connectivity index (χ1n) is 8.89. The zero-order valence-electron chi connectivity index (χ0n) is 14.3. The maximum atomic E-state index is 13.5. The van der Waals surface area contributed by atoms with E-state index in [1.807, 2.05) is 6.92 Å². The van der Waals surface area contributed by atoms with Gasteiger partial charge in [-0.2, -0.15) is 0 Å². The van der Waals surface area contributed by atoms with Crippen molar-refractivity contribution in [2.75, 3.05) is 26.2 Å². The molecule has 2 aromatic rings. The smallest absolute Gasteiger partial charge is 0.224 e. The quantitative estimate of drug-likeness (QED) is 0.799. The monoisotopic (exact) mass is 331 g/mol. The van der Waals surface area contributed by atoms with E-state index in [0.717, 1.165) is 35.1 Å². The minimum atomic E-state index is -0.273. The van der Waals surface area contributed by atoms with Gasteiger partial charge in [-0.15, -0.1) is 0 Å². The second-order valence-corrected chi connectivity index (χ2v) is 6.70. The Labute approximate surface area is 142 Å². The van der Waals surface area contributed by atoms with E-state index in [0.29, 0.717) is 13.0 Å². The predicted octanol–water partition coefficient (Wildman–Crippen LogP) is 3.15. The molecule has 2 heterocycles. The summed E-state index contributed by atoms with van der Waals surface area (Å²) in [5, 5.41) is 3.80. The average Bonchev–Trinajstić information content (AvgIpc) is 2.88. The lowest BCUT2D eigenvalue weighted by Gasteiger charge is -2.26.